The average molecular weight is 348 g/mol. The maximum Gasteiger partial charge on any atom is 0.272 e. The Bertz CT molecular complexity index is 930. The molecule has 1 unspecified atom stereocenters. The van der Waals surface area contributed by atoms with E-state index in [1.807, 2.05) is 32.3 Å². The second-order valence-corrected chi connectivity index (χ2v) is 6.54. The number of amides is 1. The van der Waals surface area contributed by atoms with Gasteiger partial charge in [0.1, 0.15) is 5.69 Å². The van der Waals surface area contributed by atoms with Crippen LogP contribution in [-0.4, -0.2) is 30.6 Å². The fraction of sp³-hybridized carbons (Fsp3) is 0.316. The lowest BCUT2D eigenvalue weighted by Crippen LogP contribution is -2.32. The Kier molecular flexibility index (Phi) is 4.20. The predicted molar refractivity (Wildman–Crippen MR) is 96.4 cm³/mol. The van der Waals surface area contributed by atoms with Gasteiger partial charge in [0.05, 0.1) is 6.04 Å². The zero-order valence-corrected chi connectivity index (χ0v) is 14.8. The third-order valence-corrected chi connectivity index (χ3v) is 4.77. The zero-order chi connectivity index (χ0) is 18.1. The number of nitrogens with zero attached hydrogens (tertiary/aromatic N) is 5. The first-order valence-corrected chi connectivity index (χ1v) is 8.69. The molecule has 0 radical (unpaired) electrons. The summed E-state index contributed by atoms with van der Waals surface area (Å²) in [5.74, 6) is 0.531. The lowest BCUT2D eigenvalue weighted by atomic mass is 9.92. The van der Waals surface area contributed by atoms with Crippen molar-refractivity contribution in [3.05, 3.63) is 59.4 Å². The van der Waals surface area contributed by atoms with Gasteiger partial charge in [-0.05, 0) is 44.4 Å². The second-order valence-electron chi connectivity index (χ2n) is 6.54. The summed E-state index contributed by atoms with van der Waals surface area (Å²) in [7, 11) is 1.83. The maximum absolute atomic E-state index is 12.5. The first-order valence-electron chi connectivity index (χ1n) is 8.69. The van der Waals surface area contributed by atoms with Crippen LogP contribution in [0.2, 0.25) is 0 Å². The number of hydrogen-bond donors (Lipinski definition) is 1. The molecule has 0 spiro atoms. The van der Waals surface area contributed by atoms with Crippen molar-refractivity contribution in [1.29, 1.82) is 0 Å². The minimum Gasteiger partial charge on any atom is -0.344 e. The number of aryl methyl sites for hydroxylation is 3. The number of rotatable bonds is 3. The van der Waals surface area contributed by atoms with Crippen molar-refractivity contribution in [3.8, 4) is 11.4 Å². The van der Waals surface area contributed by atoms with Crippen molar-refractivity contribution in [2.45, 2.75) is 32.2 Å². The molecule has 26 heavy (non-hydrogen) atoms. The van der Waals surface area contributed by atoms with E-state index in [1.165, 1.54) is 0 Å². The molecule has 3 aromatic rings. The molecule has 1 aliphatic carbocycles. The maximum atomic E-state index is 12.5. The van der Waals surface area contributed by atoms with E-state index in [0.717, 1.165) is 41.8 Å². The Balaban J connectivity index is 1.58. The zero-order valence-electron chi connectivity index (χ0n) is 14.8. The third-order valence-electron chi connectivity index (χ3n) is 4.77. The monoisotopic (exact) mass is 348 g/mol. The lowest BCUT2D eigenvalue weighted by molar-refractivity contribution is 0.0926. The summed E-state index contributed by atoms with van der Waals surface area (Å²) in [6.07, 6.45) is 8.05. The van der Waals surface area contributed by atoms with Crippen LogP contribution in [0.15, 0.2) is 36.8 Å². The molecule has 0 bridgehead atoms. The number of fused-ring (bicyclic) bond motifs is 1. The summed E-state index contributed by atoms with van der Waals surface area (Å²) in [6.45, 7) is 1.92. The molecule has 132 valence electrons. The molecule has 4 rings (SSSR count). The fourth-order valence-corrected chi connectivity index (χ4v) is 3.24. The highest BCUT2D eigenvalue weighted by molar-refractivity contribution is 5.92. The molecule has 7 nitrogen and oxygen atoms in total. The Labute approximate surface area is 151 Å². The molecule has 0 aromatic carbocycles. The van der Waals surface area contributed by atoms with Crippen molar-refractivity contribution >= 4 is 5.91 Å². The van der Waals surface area contributed by atoms with E-state index in [-0.39, 0.29) is 11.9 Å². The van der Waals surface area contributed by atoms with E-state index in [9.17, 15) is 4.79 Å². The van der Waals surface area contributed by atoms with Crippen LogP contribution in [0.5, 0.6) is 0 Å². The molecule has 1 N–H and O–H groups in total. The molecule has 0 saturated heterocycles. The van der Waals surface area contributed by atoms with Gasteiger partial charge in [0.15, 0.2) is 5.82 Å². The van der Waals surface area contributed by atoms with Crippen LogP contribution in [0.25, 0.3) is 11.4 Å². The first kappa shape index (κ1) is 16.4. The number of carbonyl (C=O) groups is 1. The summed E-state index contributed by atoms with van der Waals surface area (Å²) in [5.41, 5.74) is 4.32. The number of hydrogen-bond acceptors (Lipinski definition) is 5. The van der Waals surface area contributed by atoms with Crippen LogP contribution in [0.1, 0.15) is 46.3 Å². The highest BCUT2D eigenvalue weighted by atomic mass is 16.2. The Hall–Kier alpha value is -3.09. The smallest absolute Gasteiger partial charge is 0.272 e. The summed E-state index contributed by atoms with van der Waals surface area (Å²) in [6, 6.07) is 5.50. The molecule has 3 aromatic heterocycles. The Morgan fingerprint density at radius 1 is 1.31 bits per heavy atom. The predicted octanol–water partition coefficient (Wildman–Crippen LogP) is 2.39. The van der Waals surface area contributed by atoms with Crippen LogP contribution >= 0.6 is 0 Å². The topological polar surface area (TPSA) is 85.6 Å². The van der Waals surface area contributed by atoms with Crippen molar-refractivity contribution in [1.82, 2.24) is 30.0 Å². The average Bonchev–Trinajstić information content (AvgIpc) is 3.01. The fourth-order valence-electron chi connectivity index (χ4n) is 3.24. The number of carbonyl (C=O) groups excluding carboxylic acids is 1. The molecule has 0 fully saturated rings. The van der Waals surface area contributed by atoms with Crippen molar-refractivity contribution in [2.24, 2.45) is 7.05 Å². The minimum atomic E-state index is -0.162. The highest BCUT2D eigenvalue weighted by Gasteiger charge is 2.25. The third kappa shape index (κ3) is 3.08. The quantitative estimate of drug-likeness (QED) is 0.785. The van der Waals surface area contributed by atoms with Gasteiger partial charge in [-0.3, -0.25) is 14.5 Å². The highest BCUT2D eigenvalue weighted by Crippen LogP contribution is 2.29. The van der Waals surface area contributed by atoms with E-state index < -0.39 is 0 Å². The second kappa shape index (κ2) is 6.67. The molecule has 1 amide bonds. The molecule has 1 aliphatic rings. The van der Waals surface area contributed by atoms with E-state index in [1.54, 1.807) is 23.1 Å². The van der Waals surface area contributed by atoms with E-state index in [2.05, 4.69) is 20.4 Å². The number of pyridine rings is 1. The summed E-state index contributed by atoms with van der Waals surface area (Å²) >= 11 is 0. The number of aromatic nitrogens is 5. The van der Waals surface area contributed by atoms with Crippen LogP contribution in [0, 0.1) is 6.92 Å². The van der Waals surface area contributed by atoms with Gasteiger partial charge in [0, 0.05) is 48.2 Å². The van der Waals surface area contributed by atoms with Crippen molar-refractivity contribution < 1.29 is 4.79 Å². The van der Waals surface area contributed by atoms with Crippen LogP contribution < -0.4 is 5.32 Å². The number of nitrogens with one attached hydrogen (secondary N) is 1. The van der Waals surface area contributed by atoms with Gasteiger partial charge in [-0.25, -0.2) is 9.97 Å². The van der Waals surface area contributed by atoms with Gasteiger partial charge in [-0.15, -0.1) is 0 Å². The van der Waals surface area contributed by atoms with Gasteiger partial charge >= 0.3 is 0 Å². The van der Waals surface area contributed by atoms with Crippen LogP contribution in [0.4, 0.5) is 0 Å². The standard InChI is InChI=1S/C19H20N6O/c1-12-10-17(24-25(12)2)19(26)23-16-5-3-4-15-14(16)11-21-18(22-15)13-6-8-20-9-7-13/h6-11,16H,3-5H2,1-2H3,(H,23,26). The largest absolute Gasteiger partial charge is 0.344 e. The molecule has 3 heterocycles. The minimum absolute atomic E-state index is 0.0833. The van der Waals surface area contributed by atoms with Gasteiger partial charge < -0.3 is 5.32 Å². The molecule has 1 atom stereocenters. The SMILES string of the molecule is Cc1cc(C(=O)NC2CCCc3nc(-c4ccncc4)ncc32)nn1C. The summed E-state index contributed by atoms with van der Waals surface area (Å²) < 4.78 is 1.70. The van der Waals surface area contributed by atoms with Gasteiger partial charge in [0.25, 0.3) is 5.91 Å². The Morgan fingerprint density at radius 3 is 2.85 bits per heavy atom. The van der Waals surface area contributed by atoms with Gasteiger partial charge in [-0.1, -0.05) is 0 Å². The van der Waals surface area contributed by atoms with Crippen molar-refractivity contribution in [3.63, 3.8) is 0 Å². The van der Waals surface area contributed by atoms with E-state index >= 15 is 0 Å². The van der Waals surface area contributed by atoms with E-state index in [0.29, 0.717) is 11.5 Å². The molecule has 7 heteroatoms. The summed E-state index contributed by atoms with van der Waals surface area (Å²) in [5, 5.41) is 7.34. The molecular formula is C19H20N6O. The van der Waals surface area contributed by atoms with Gasteiger partial charge in [-0.2, -0.15) is 5.10 Å². The normalized spacial score (nSPS) is 16.2. The van der Waals surface area contributed by atoms with Crippen LogP contribution in [-0.2, 0) is 13.5 Å². The lowest BCUT2D eigenvalue weighted by Gasteiger charge is -2.25. The molecule has 0 saturated carbocycles. The molecular weight excluding hydrogens is 328 g/mol. The van der Waals surface area contributed by atoms with Gasteiger partial charge in [0.2, 0.25) is 0 Å². The Morgan fingerprint density at radius 2 is 2.12 bits per heavy atom. The van der Waals surface area contributed by atoms with Crippen LogP contribution in [0.3, 0.4) is 0 Å². The van der Waals surface area contributed by atoms with Crippen molar-refractivity contribution in [2.75, 3.05) is 0 Å². The summed E-state index contributed by atoms with van der Waals surface area (Å²) in [4.78, 5) is 25.8. The van der Waals surface area contributed by atoms with E-state index in [4.69, 9.17) is 4.98 Å². The molecule has 0 aliphatic heterocycles. The first-order chi connectivity index (χ1) is 12.6.